The second-order valence-electron chi connectivity index (χ2n) is 4.20. The summed E-state index contributed by atoms with van der Waals surface area (Å²) in [4.78, 5) is 18.1. The zero-order valence-electron chi connectivity index (χ0n) is 11.3. The molecule has 3 N–H and O–H groups in total. The van der Waals surface area contributed by atoms with Crippen LogP contribution in [0.4, 0.5) is 11.5 Å². The van der Waals surface area contributed by atoms with E-state index in [1.165, 1.54) is 0 Å². The summed E-state index contributed by atoms with van der Waals surface area (Å²) in [5.41, 5.74) is 6.15. The van der Waals surface area contributed by atoms with Gasteiger partial charge in [0, 0.05) is 25.6 Å². The first kappa shape index (κ1) is 14.4. The van der Waals surface area contributed by atoms with E-state index in [9.17, 15) is 4.79 Å². The molecule has 0 fully saturated rings. The van der Waals surface area contributed by atoms with Crippen LogP contribution in [0.15, 0.2) is 18.3 Å². The van der Waals surface area contributed by atoms with Crippen LogP contribution in [0.3, 0.4) is 0 Å². The SMILES string of the molecule is CCN(CC)c1ccc(NC(=O)C(C)CN)cn1. The van der Waals surface area contributed by atoms with Crippen molar-refractivity contribution < 1.29 is 4.79 Å². The number of carbonyl (C=O) groups is 1. The first-order chi connectivity index (χ1) is 8.62. The highest BCUT2D eigenvalue weighted by atomic mass is 16.1. The zero-order chi connectivity index (χ0) is 13.5. The lowest BCUT2D eigenvalue weighted by molar-refractivity contribution is -0.119. The van der Waals surface area contributed by atoms with Gasteiger partial charge in [0.1, 0.15) is 5.82 Å². The molecule has 100 valence electrons. The molecule has 5 heteroatoms. The van der Waals surface area contributed by atoms with Crippen LogP contribution < -0.4 is 16.0 Å². The Balaban J connectivity index is 2.68. The van der Waals surface area contributed by atoms with Crippen molar-refractivity contribution in [3.05, 3.63) is 18.3 Å². The van der Waals surface area contributed by atoms with Crippen molar-refractivity contribution >= 4 is 17.4 Å². The van der Waals surface area contributed by atoms with Gasteiger partial charge in [0.15, 0.2) is 0 Å². The van der Waals surface area contributed by atoms with E-state index >= 15 is 0 Å². The van der Waals surface area contributed by atoms with Crippen molar-refractivity contribution in [1.29, 1.82) is 0 Å². The molecule has 1 aromatic heterocycles. The van der Waals surface area contributed by atoms with Crippen LogP contribution in [0.2, 0.25) is 0 Å². The first-order valence-corrected chi connectivity index (χ1v) is 6.34. The van der Waals surface area contributed by atoms with E-state index in [2.05, 4.69) is 29.0 Å². The van der Waals surface area contributed by atoms with E-state index in [-0.39, 0.29) is 11.8 Å². The summed E-state index contributed by atoms with van der Waals surface area (Å²) >= 11 is 0. The van der Waals surface area contributed by atoms with Crippen LogP contribution >= 0.6 is 0 Å². The van der Waals surface area contributed by atoms with Gasteiger partial charge in [-0.15, -0.1) is 0 Å². The maximum Gasteiger partial charge on any atom is 0.228 e. The second-order valence-corrected chi connectivity index (χ2v) is 4.20. The summed E-state index contributed by atoms with van der Waals surface area (Å²) in [6.07, 6.45) is 1.68. The summed E-state index contributed by atoms with van der Waals surface area (Å²) in [6, 6.07) is 3.78. The molecular formula is C13H22N4O. The molecule has 0 radical (unpaired) electrons. The monoisotopic (exact) mass is 250 g/mol. The van der Waals surface area contributed by atoms with Gasteiger partial charge in [-0.2, -0.15) is 0 Å². The van der Waals surface area contributed by atoms with Gasteiger partial charge in [-0.25, -0.2) is 4.98 Å². The summed E-state index contributed by atoms with van der Waals surface area (Å²) in [6.45, 7) is 8.15. The number of hydrogen-bond acceptors (Lipinski definition) is 4. The summed E-state index contributed by atoms with van der Waals surface area (Å²) in [7, 11) is 0. The third-order valence-electron chi connectivity index (χ3n) is 2.90. The second kappa shape index (κ2) is 6.96. The highest BCUT2D eigenvalue weighted by molar-refractivity contribution is 5.92. The zero-order valence-corrected chi connectivity index (χ0v) is 11.3. The smallest absolute Gasteiger partial charge is 0.228 e. The minimum absolute atomic E-state index is 0.0742. The van der Waals surface area contributed by atoms with Gasteiger partial charge in [0.25, 0.3) is 0 Å². The minimum Gasteiger partial charge on any atom is -0.357 e. The van der Waals surface area contributed by atoms with Crippen molar-refractivity contribution in [3.63, 3.8) is 0 Å². The molecule has 0 aliphatic rings. The van der Waals surface area contributed by atoms with Gasteiger partial charge in [-0.05, 0) is 26.0 Å². The van der Waals surface area contributed by atoms with Crippen molar-refractivity contribution in [2.24, 2.45) is 11.7 Å². The molecule has 1 heterocycles. The Morgan fingerprint density at radius 2 is 2.11 bits per heavy atom. The predicted molar refractivity (Wildman–Crippen MR) is 74.6 cm³/mol. The summed E-state index contributed by atoms with van der Waals surface area (Å²) in [5.74, 6) is 0.659. The van der Waals surface area contributed by atoms with Crippen LogP contribution in [-0.2, 0) is 4.79 Å². The molecular weight excluding hydrogens is 228 g/mol. The van der Waals surface area contributed by atoms with E-state index in [1.807, 2.05) is 12.1 Å². The number of hydrogen-bond donors (Lipinski definition) is 2. The quantitative estimate of drug-likeness (QED) is 0.802. The lowest BCUT2D eigenvalue weighted by atomic mass is 10.1. The van der Waals surface area contributed by atoms with Crippen molar-refractivity contribution in [2.45, 2.75) is 20.8 Å². The fraction of sp³-hybridized carbons (Fsp3) is 0.538. The lowest BCUT2D eigenvalue weighted by Gasteiger charge is -2.19. The number of nitrogens with zero attached hydrogens (tertiary/aromatic N) is 2. The molecule has 0 aromatic carbocycles. The van der Waals surface area contributed by atoms with Crippen LogP contribution in [0.1, 0.15) is 20.8 Å². The number of amides is 1. The third kappa shape index (κ3) is 3.70. The fourth-order valence-corrected chi connectivity index (χ4v) is 1.57. The molecule has 1 unspecified atom stereocenters. The number of pyridine rings is 1. The van der Waals surface area contributed by atoms with E-state index in [0.717, 1.165) is 18.9 Å². The predicted octanol–water partition coefficient (Wildman–Crippen LogP) is 1.46. The van der Waals surface area contributed by atoms with Gasteiger partial charge in [-0.1, -0.05) is 6.92 Å². The highest BCUT2D eigenvalue weighted by Crippen LogP contribution is 2.14. The standard InChI is InChI=1S/C13H22N4O/c1-4-17(5-2)12-7-6-11(9-15-12)16-13(18)10(3)8-14/h6-7,9-10H,4-5,8,14H2,1-3H3,(H,16,18). The number of anilines is 2. The molecule has 0 aliphatic carbocycles. The Morgan fingerprint density at radius 1 is 1.44 bits per heavy atom. The van der Waals surface area contributed by atoms with Crippen LogP contribution in [0.25, 0.3) is 0 Å². The van der Waals surface area contributed by atoms with Crippen LogP contribution in [0, 0.1) is 5.92 Å². The van der Waals surface area contributed by atoms with Crippen molar-refractivity contribution in [3.8, 4) is 0 Å². The van der Waals surface area contributed by atoms with E-state index in [1.54, 1.807) is 13.1 Å². The minimum atomic E-state index is -0.188. The maximum absolute atomic E-state index is 11.6. The molecule has 1 atom stereocenters. The number of carbonyl (C=O) groups excluding carboxylic acids is 1. The van der Waals surface area contributed by atoms with Crippen molar-refractivity contribution in [2.75, 3.05) is 29.9 Å². The molecule has 0 spiro atoms. The molecule has 1 aromatic rings. The molecule has 1 rings (SSSR count). The largest absolute Gasteiger partial charge is 0.357 e. The van der Waals surface area contributed by atoms with Gasteiger partial charge < -0.3 is 16.0 Å². The Bertz CT molecular complexity index is 373. The first-order valence-electron chi connectivity index (χ1n) is 6.34. The maximum atomic E-state index is 11.6. The molecule has 1 amide bonds. The number of nitrogens with one attached hydrogen (secondary N) is 1. The molecule has 0 aliphatic heterocycles. The van der Waals surface area contributed by atoms with Crippen LogP contribution in [0.5, 0.6) is 0 Å². The molecule has 0 bridgehead atoms. The van der Waals surface area contributed by atoms with Gasteiger partial charge in [0.2, 0.25) is 5.91 Å². The van der Waals surface area contributed by atoms with Crippen LogP contribution in [-0.4, -0.2) is 30.5 Å². The normalized spacial score (nSPS) is 12.0. The number of rotatable bonds is 6. The summed E-state index contributed by atoms with van der Waals surface area (Å²) < 4.78 is 0. The van der Waals surface area contributed by atoms with E-state index < -0.39 is 0 Å². The number of nitrogens with two attached hydrogens (primary N) is 1. The van der Waals surface area contributed by atoms with Gasteiger partial charge in [-0.3, -0.25) is 4.79 Å². The highest BCUT2D eigenvalue weighted by Gasteiger charge is 2.11. The van der Waals surface area contributed by atoms with E-state index in [4.69, 9.17) is 5.73 Å². The van der Waals surface area contributed by atoms with Gasteiger partial charge >= 0.3 is 0 Å². The van der Waals surface area contributed by atoms with Crippen molar-refractivity contribution in [1.82, 2.24) is 4.98 Å². The average Bonchev–Trinajstić information content (AvgIpc) is 2.41. The third-order valence-corrected chi connectivity index (χ3v) is 2.90. The Morgan fingerprint density at radius 3 is 2.56 bits per heavy atom. The molecule has 0 saturated heterocycles. The molecule has 18 heavy (non-hydrogen) atoms. The van der Waals surface area contributed by atoms with Gasteiger partial charge in [0.05, 0.1) is 11.9 Å². The number of aromatic nitrogens is 1. The topological polar surface area (TPSA) is 71.2 Å². The molecule has 5 nitrogen and oxygen atoms in total. The molecule has 0 saturated carbocycles. The lowest BCUT2D eigenvalue weighted by Crippen LogP contribution is -2.27. The Labute approximate surface area is 108 Å². The average molecular weight is 250 g/mol. The Kier molecular flexibility index (Phi) is 5.58. The van der Waals surface area contributed by atoms with E-state index in [0.29, 0.717) is 12.2 Å². The fourth-order valence-electron chi connectivity index (χ4n) is 1.57. The Hall–Kier alpha value is -1.62. The summed E-state index contributed by atoms with van der Waals surface area (Å²) in [5, 5.41) is 2.79.